The van der Waals surface area contributed by atoms with E-state index >= 15 is 0 Å². The molecule has 33 heavy (non-hydrogen) atoms. The summed E-state index contributed by atoms with van der Waals surface area (Å²) in [5, 5.41) is 13.8. The highest BCUT2D eigenvalue weighted by Crippen LogP contribution is 2.39. The van der Waals surface area contributed by atoms with Gasteiger partial charge in [0.1, 0.15) is 16.7 Å². The summed E-state index contributed by atoms with van der Waals surface area (Å²) in [7, 11) is -2.95. The molecule has 0 fully saturated rings. The molecule has 3 aromatic rings. The van der Waals surface area contributed by atoms with Crippen LogP contribution in [0.15, 0.2) is 45.7 Å². The highest BCUT2D eigenvalue weighted by atomic mass is 32.2. The number of carboxylic acids is 1. The molecule has 0 spiro atoms. The number of sulfonamides is 1. The Bertz CT molecular complexity index is 1340. The van der Waals surface area contributed by atoms with E-state index in [1.54, 1.807) is 52.8 Å². The first-order valence-corrected chi connectivity index (χ1v) is 11.8. The van der Waals surface area contributed by atoms with Crippen LogP contribution in [-0.2, 0) is 19.6 Å². The number of hydrogen-bond acceptors (Lipinski definition) is 6. The monoisotopic (exact) mass is 476 g/mol. The molecule has 3 N–H and O–H groups in total. The molecule has 3 rings (SSSR count). The van der Waals surface area contributed by atoms with Crippen LogP contribution in [0.1, 0.15) is 34.6 Å². The van der Waals surface area contributed by atoms with Crippen LogP contribution < -0.4 is 10.0 Å². The molecule has 0 saturated carbocycles. The topological polar surface area (TPSA) is 135 Å². The van der Waals surface area contributed by atoms with Gasteiger partial charge in [-0.15, -0.1) is 0 Å². The molecule has 9 nitrogen and oxygen atoms in total. The smallest absolute Gasteiger partial charge is 0.411 e. The van der Waals surface area contributed by atoms with Gasteiger partial charge in [-0.05, 0) is 41.7 Å². The lowest BCUT2D eigenvalue weighted by molar-refractivity contribution is -0.151. The van der Waals surface area contributed by atoms with Gasteiger partial charge in [-0.25, -0.2) is 13.2 Å². The molecule has 0 aliphatic rings. The average Bonchev–Trinajstić information content (AvgIpc) is 3.07. The summed E-state index contributed by atoms with van der Waals surface area (Å²) in [6, 6.07) is 9.28. The lowest BCUT2D eigenvalue weighted by Gasteiger charge is -2.44. The second-order valence-corrected chi connectivity index (χ2v) is 10.9. The number of fused-ring (bicyclic) bond motifs is 3. The number of methoxy groups -OCH3 is 1. The van der Waals surface area contributed by atoms with E-state index in [0.29, 0.717) is 27.6 Å². The lowest BCUT2D eigenvalue weighted by atomic mass is 9.68. The number of ether oxygens (including phenoxy) is 1. The molecule has 0 unspecified atom stereocenters. The van der Waals surface area contributed by atoms with Crippen LogP contribution in [0.2, 0.25) is 0 Å². The third-order valence-electron chi connectivity index (χ3n) is 5.87. The first kappa shape index (κ1) is 24.5. The number of hydrogen-bond donors (Lipinski definition) is 3. The van der Waals surface area contributed by atoms with Gasteiger partial charge in [0.05, 0.1) is 12.0 Å². The number of anilines is 1. The lowest BCUT2D eigenvalue weighted by Crippen LogP contribution is -2.65. The van der Waals surface area contributed by atoms with E-state index in [4.69, 9.17) is 4.42 Å². The van der Waals surface area contributed by atoms with Crippen LogP contribution in [-0.4, -0.2) is 38.2 Å². The Balaban J connectivity index is 2.09. The van der Waals surface area contributed by atoms with Crippen molar-refractivity contribution in [2.24, 2.45) is 11.3 Å². The molecule has 0 aliphatic heterocycles. The van der Waals surface area contributed by atoms with E-state index < -0.39 is 39.0 Å². The van der Waals surface area contributed by atoms with Crippen molar-refractivity contribution in [2.45, 2.75) is 45.1 Å². The van der Waals surface area contributed by atoms with E-state index in [-0.39, 0.29) is 4.90 Å². The molecule has 2 aromatic carbocycles. The van der Waals surface area contributed by atoms with Crippen LogP contribution in [0.4, 0.5) is 10.5 Å². The highest BCUT2D eigenvalue weighted by molar-refractivity contribution is 7.89. The molecule has 1 amide bonds. The molecule has 1 aromatic heterocycles. The number of benzene rings is 2. The van der Waals surface area contributed by atoms with Crippen molar-refractivity contribution in [2.75, 3.05) is 12.4 Å². The van der Waals surface area contributed by atoms with Gasteiger partial charge in [0.2, 0.25) is 10.0 Å². The Hall–Kier alpha value is -3.11. The summed E-state index contributed by atoms with van der Waals surface area (Å²) in [6.07, 6.45) is -0.629. The summed E-state index contributed by atoms with van der Waals surface area (Å²) in [6.45, 7) is 8.42. The maximum Gasteiger partial charge on any atom is 0.411 e. The quantitative estimate of drug-likeness (QED) is 0.474. The number of carbonyl (C=O) groups excluding carboxylic acids is 1. The molecular weight excluding hydrogens is 448 g/mol. The fourth-order valence-electron chi connectivity index (χ4n) is 4.19. The molecule has 10 heteroatoms. The molecule has 1 atom stereocenters. The molecule has 0 aliphatic carbocycles. The first-order chi connectivity index (χ1) is 15.2. The van der Waals surface area contributed by atoms with Crippen LogP contribution in [0.3, 0.4) is 0 Å². The summed E-state index contributed by atoms with van der Waals surface area (Å²) >= 11 is 0. The second-order valence-electron chi connectivity index (χ2n) is 9.21. The maximum atomic E-state index is 13.3. The van der Waals surface area contributed by atoms with E-state index in [2.05, 4.69) is 14.8 Å². The molecule has 0 radical (unpaired) electrons. The van der Waals surface area contributed by atoms with Crippen molar-refractivity contribution in [3.63, 3.8) is 0 Å². The van der Waals surface area contributed by atoms with Gasteiger partial charge in [0.15, 0.2) is 0 Å². The Morgan fingerprint density at radius 2 is 1.70 bits per heavy atom. The van der Waals surface area contributed by atoms with Gasteiger partial charge >= 0.3 is 12.1 Å². The van der Waals surface area contributed by atoms with Crippen molar-refractivity contribution < 1.29 is 32.3 Å². The van der Waals surface area contributed by atoms with Crippen molar-refractivity contribution in [3.8, 4) is 0 Å². The zero-order chi connectivity index (χ0) is 24.8. The van der Waals surface area contributed by atoms with E-state index in [1.165, 1.54) is 25.3 Å². The van der Waals surface area contributed by atoms with Gasteiger partial charge in [-0.1, -0.05) is 34.6 Å². The Morgan fingerprint density at radius 1 is 1.03 bits per heavy atom. The predicted molar refractivity (Wildman–Crippen MR) is 125 cm³/mol. The summed E-state index contributed by atoms with van der Waals surface area (Å²) in [4.78, 5) is 23.7. The summed E-state index contributed by atoms with van der Waals surface area (Å²) < 4.78 is 39.6. The number of furan rings is 1. The van der Waals surface area contributed by atoms with E-state index in [1.807, 2.05) is 0 Å². The number of carboxylic acid groups (broad SMARTS) is 1. The number of carbonyl (C=O) groups is 2. The van der Waals surface area contributed by atoms with Gasteiger partial charge in [0.25, 0.3) is 0 Å². The van der Waals surface area contributed by atoms with E-state index in [9.17, 15) is 23.1 Å². The number of rotatable bonds is 6. The minimum Gasteiger partial charge on any atom is -0.480 e. The molecule has 0 saturated heterocycles. The third kappa shape index (κ3) is 4.28. The molecule has 0 bridgehead atoms. The third-order valence-corrected chi connectivity index (χ3v) is 7.33. The van der Waals surface area contributed by atoms with Crippen LogP contribution in [0.5, 0.6) is 0 Å². The van der Waals surface area contributed by atoms with Crippen LogP contribution >= 0.6 is 0 Å². The Kier molecular flexibility index (Phi) is 6.20. The van der Waals surface area contributed by atoms with Gasteiger partial charge in [-0.2, -0.15) is 4.72 Å². The molecular formula is C23H28N2O7S. The van der Waals surface area contributed by atoms with Gasteiger partial charge < -0.3 is 14.3 Å². The zero-order valence-electron chi connectivity index (χ0n) is 19.3. The fraction of sp³-hybridized carbons (Fsp3) is 0.391. The molecule has 178 valence electrons. The van der Waals surface area contributed by atoms with Crippen molar-refractivity contribution in [1.82, 2.24) is 4.72 Å². The standard InChI is InChI=1S/C23H28N2O7S/c1-13(2)23(20(26)27,22(3,4)5)25-33(29,30)15-8-10-18-17(12-15)16-9-7-14(11-19(16)32-18)24-21(28)31-6/h7-13,25H,1-6H3,(H,24,28)(H,26,27)/t23-/m0/s1. The first-order valence-electron chi connectivity index (χ1n) is 10.3. The number of aliphatic carboxylic acids is 1. The van der Waals surface area contributed by atoms with Crippen molar-refractivity contribution in [1.29, 1.82) is 0 Å². The Morgan fingerprint density at radius 3 is 2.24 bits per heavy atom. The van der Waals surface area contributed by atoms with Crippen LogP contribution in [0, 0.1) is 11.3 Å². The van der Waals surface area contributed by atoms with Gasteiger partial charge in [-0.3, -0.25) is 10.1 Å². The predicted octanol–water partition coefficient (Wildman–Crippen LogP) is 4.57. The second kappa shape index (κ2) is 8.35. The zero-order valence-corrected chi connectivity index (χ0v) is 20.2. The fourth-order valence-corrected chi connectivity index (χ4v) is 5.88. The largest absolute Gasteiger partial charge is 0.480 e. The van der Waals surface area contributed by atoms with Crippen molar-refractivity contribution >= 4 is 49.7 Å². The highest BCUT2D eigenvalue weighted by Gasteiger charge is 2.53. The average molecular weight is 477 g/mol. The maximum absolute atomic E-state index is 13.3. The minimum atomic E-state index is -4.20. The van der Waals surface area contributed by atoms with Crippen LogP contribution in [0.25, 0.3) is 21.9 Å². The van der Waals surface area contributed by atoms with E-state index in [0.717, 1.165) is 0 Å². The minimum absolute atomic E-state index is 0.0787. The van der Waals surface area contributed by atoms with Crippen molar-refractivity contribution in [3.05, 3.63) is 36.4 Å². The Labute approximate surface area is 192 Å². The normalized spacial score (nSPS) is 14.4. The summed E-state index contributed by atoms with van der Waals surface area (Å²) in [5.74, 6) is -1.77. The summed E-state index contributed by atoms with van der Waals surface area (Å²) in [5.41, 5.74) is -1.29. The SMILES string of the molecule is COC(=O)Nc1ccc2c(c1)oc1ccc(S(=O)(=O)N[C@](C(=O)O)(C(C)C)C(C)(C)C)cc12. The number of amides is 1. The number of nitrogens with one attached hydrogen (secondary N) is 2. The molecule has 1 heterocycles. The van der Waals surface area contributed by atoms with Gasteiger partial charge in [0, 0.05) is 22.5 Å².